The molecule has 0 saturated heterocycles. The van der Waals surface area contributed by atoms with Gasteiger partial charge in [-0.05, 0) is 47.4 Å². The Hall–Kier alpha value is -1.51. The van der Waals surface area contributed by atoms with Crippen LogP contribution in [0.5, 0.6) is 0 Å². The van der Waals surface area contributed by atoms with E-state index >= 15 is 0 Å². The molecule has 3 heteroatoms. The summed E-state index contributed by atoms with van der Waals surface area (Å²) in [6.07, 6.45) is 0.570. The maximum Gasteiger partial charge on any atom is 0.0472 e. The molecule has 3 N–H and O–H groups in total. The molecule has 0 fully saturated rings. The molecule has 0 aliphatic heterocycles. The number of nitrogens with two attached hydrogens (primary N) is 1. The summed E-state index contributed by atoms with van der Waals surface area (Å²) in [7, 11) is 0. The Morgan fingerprint density at radius 3 is 2.53 bits per heavy atom. The van der Waals surface area contributed by atoms with Crippen molar-refractivity contribution < 1.29 is 5.11 Å². The minimum absolute atomic E-state index is 0.100. The number of hydrogen-bond acceptors (Lipinski definition) is 2. The van der Waals surface area contributed by atoms with Gasteiger partial charge in [0.15, 0.2) is 0 Å². The molecule has 0 aliphatic carbocycles. The average molecular weight is 248 g/mol. The van der Waals surface area contributed by atoms with Crippen LogP contribution in [-0.2, 0) is 6.42 Å². The Morgan fingerprint density at radius 2 is 1.82 bits per heavy atom. The van der Waals surface area contributed by atoms with E-state index in [2.05, 4.69) is 0 Å². The summed E-state index contributed by atoms with van der Waals surface area (Å²) in [4.78, 5) is 0. The van der Waals surface area contributed by atoms with Gasteiger partial charge in [-0.3, -0.25) is 0 Å². The molecule has 0 spiro atoms. The van der Waals surface area contributed by atoms with Gasteiger partial charge in [0.25, 0.3) is 0 Å². The highest BCUT2D eigenvalue weighted by atomic mass is 35.5. The van der Waals surface area contributed by atoms with Gasteiger partial charge in [-0.2, -0.15) is 0 Å². The number of rotatable bonds is 3. The van der Waals surface area contributed by atoms with Gasteiger partial charge in [0.2, 0.25) is 0 Å². The van der Waals surface area contributed by atoms with Crippen molar-refractivity contribution in [2.45, 2.75) is 6.42 Å². The number of anilines is 1. The van der Waals surface area contributed by atoms with E-state index in [4.69, 9.17) is 22.4 Å². The Bertz CT molecular complexity index is 525. The van der Waals surface area contributed by atoms with Crippen LogP contribution < -0.4 is 5.73 Å². The number of hydrogen-bond donors (Lipinski definition) is 2. The molecule has 2 nitrogen and oxygen atoms in total. The van der Waals surface area contributed by atoms with Crippen molar-refractivity contribution in [2.24, 2.45) is 0 Å². The van der Waals surface area contributed by atoms with E-state index in [1.807, 2.05) is 42.5 Å². The van der Waals surface area contributed by atoms with Crippen LogP contribution in [0.25, 0.3) is 11.1 Å². The van der Waals surface area contributed by atoms with E-state index in [1.54, 1.807) is 0 Å². The SMILES string of the molecule is Nc1ccc(-c2cccc(Cl)c2)cc1CCO. The maximum atomic E-state index is 8.97. The van der Waals surface area contributed by atoms with Crippen molar-refractivity contribution >= 4 is 17.3 Å². The molecule has 0 aromatic heterocycles. The van der Waals surface area contributed by atoms with Crippen LogP contribution in [0.2, 0.25) is 5.02 Å². The van der Waals surface area contributed by atoms with Crippen LogP contribution in [0.3, 0.4) is 0 Å². The fourth-order valence-corrected chi connectivity index (χ4v) is 1.98. The quantitative estimate of drug-likeness (QED) is 0.819. The van der Waals surface area contributed by atoms with Gasteiger partial charge in [0.1, 0.15) is 0 Å². The zero-order valence-corrected chi connectivity index (χ0v) is 10.1. The number of nitrogen functional groups attached to an aromatic ring is 1. The molecular formula is C14H14ClNO. The summed E-state index contributed by atoms with van der Waals surface area (Å²) >= 11 is 5.96. The Morgan fingerprint density at radius 1 is 1.06 bits per heavy atom. The second-order valence-electron chi connectivity index (χ2n) is 3.90. The average Bonchev–Trinajstić information content (AvgIpc) is 2.32. The number of aliphatic hydroxyl groups excluding tert-OH is 1. The first-order chi connectivity index (χ1) is 8.20. The fourth-order valence-electron chi connectivity index (χ4n) is 1.79. The minimum atomic E-state index is 0.100. The maximum absolute atomic E-state index is 8.97. The molecule has 2 rings (SSSR count). The van der Waals surface area contributed by atoms with Crippen LogP contribution in [0.1, 0.15) is 5.56 Å². The van der Waals surface area contributed by atoms with Gasteiger partial charge in [-0.25, -0.2) is 0 Å². The lowest BCUT2D eigenvalue weighted by molar-refractivity contribution is 0.300. The fraction of sp³-hybridized carbons (Fsp3) is 0.143. The van der Waals surface area contributed by atoms with E-state index in [9.17, 15) is 0 Å². The zero-order valence-electron chi connectivity index (χ0n) is 9.36. The summed E-state index contributed by atoms with van der Waals surface area (Å²) < 4.78 is 0. The van der Waals surface area contributed by atoms with Crippen LogP contribution in [0.4, 0.5) is 5.69 Å². The van der Waals surface area contributed by atoms with Gasteiger partial charge in [0, 0.05) is 17.3 Å². The van der Waals surface area contributed by atoms with Gasteiger partial charge in [-0.15, -0.1) is 0 Å². The standard InChI is InChI=1S/C14H14ClNO/c15-13-3-1-2-10(9-13)11-4-5-14(16)12(8-11)6-7-17/h1-5,8-9,17H,6-7,16H2. The molecular weight excluding hydrogens is 234 g/mol. The largest absolute Gasteiger partial charge is 0.399 e. The summed E-state index contributed by atoms with van der Waals surface area (Å²) in [6, 6.07) is 13.5. The topological polar surface area (TPSA) is 46.2 Å². The van der Waals surface area contributed by atoms with Crippen molar-refractivity contribution in [1.82, 2.24) is 0 Å². The molecule has 0 atom stereocenters. The second kappa shape index (κ2) is 5.21. The van der Waals surface area contributed by atoms with Gasteiger partial charge in [-0.1, -0.05) is 29.8 Å². The second-order valence-corrected chi connectivity index (χ2v) is 4.33. The van der Waals surface area contributed by atoms with Crippen molar-refractivity contribution in [3.8, 4) is 11.1 Å². The molecule has 2 aromatic rings. The minimum Gasteiger partial charge on any atom is -0.399 e. The Labute approximate surface area is 106 Å². The highest BCUT2D eigenvalue weighted by molar-refractivity contribution is 6.30. The summed E-state index contributed by atoms with van der Waals surface area (Å²) in [5.74, 6) is 0. The van der Waals surface area contributed by atoms with E-state index in [-0.39, 0.29) is 6.61 Å². The molecule has 0 radical (unpaired) electrons. The molecule has 88 valence electrons. The smallest absolute Gasteiger partial charge is 0.0472 e. The number of benzene rings is 2. The normalized spacial score (nSPS) is 10.5. The van der Waals surface area contributed by atoms with Crippen LogP contribution >= 0.6 is 11.6 Å². The lowest BCUT2D eigenvalue weighted by atomic mass is 10.0. The summed E-state index contributed by atoms with van der Waals surface area (Å²) in [5, 5.41) is 9.68. The molecule has 0 bridgehead atoms. The first kappa shape index (κ1) is 12.0. The summed E-state index contributed by atoms with van der Waals surface area (Å²) in [5.41, 5.74) is 9.63. The molecule has 0 amide bonds. The Kier molecular flexibility index (Phi) is 3.67. The highest BCUT2D eigenvalue weighted by Gasteiger charge is 2.03. The van der Waals surface area contributed by atoms with Gasteiger partial charge in [0.05, 0.1) is 0 Å². The third-order valence-electron chi connectivity index (χ3n) is 2.68. The number of aliphatic hydroxyl groups is 1. The van der Waals surface area contributed by atoms with Crippen molar-refractivity contribution in [1.29, 1.82) is 0 Å². The highest BCUT2D eigenvalue weighted by Crippen LogP contribution is 2.26. The van der Waals surface area contributed by atoms with E-state index in [0.717, 1.165) is 16.7 Å². The van der Waals surface area contributed by atoms with Crippen molar-refractivity contribution in [3.63, 3.8) is 0 Å². The van der Waals surface area contributed by atoms with Crippen LogP contribution in [0.15, 0.2) is 42.5 Å². The first-order valence-corrected chi connectivity index (χ1v) is 5.83. The van der Waals surface area contributed by atoms with Crippen LogP contribution in [0, 0.1) is 0 Å². The number of halogens is 1. The Balaban J connectivity index is 2.42. The van der Waals surface area contributed by atoms with Crippen molar-refractivity contribution in [3.05, 3.63) is 53.1 Å². The first-order valence-electron chi connectivity index (χ1n) is 5.46. The summed E-state index contributed by atoms with van der Waals surface area (Å²) in [6.45, 7) is 0.100. The van der Waals surface area contributed by atoms with E-state index < -0.39 is 0 Å². The van der Waals surface area contributed by atoms with Gasteiger partial charge >= 0.3 is 0 Å². The lowest BCUT2D eigenvalue weighted by Crippen LogP contribution is -1.97. The monoisotopic (exact) mass is 247 g/mol. The van der Waals surface area contributed by atoms with E-state index in [1.165, 1.54) is 0 Å². The molecule has 0 saturated carbocycles. The predicted molar refractivity (Wildman–Crippen MR) is 72.1 cm³/mol. The van der Waals surface area contributed by atoms with Crippen LogP contribution in [-0.4, -0.2) is 11.7 Å². The van der Waals surface area contributed by atoms with Crippen molar-refractivity contribution in [2.75, 3.05) is 12.3 Å². The third kappa shape index (κ3) is 2.78. The predicted octanol–water partition coefficient (Wildman–Crippen LogP) is 3.12. The molecule has 2 aromatic carbocycles. The van der Waals surface area contributed by atoms with E-state index in [0.29, 0.717) is 17.1 Å². The third-order valence-corrected chi connectivity index (χ3v) is 2.92. The molecule has 0 aliphatic rings. The molecule has 0 unspecified atom stereocenters. The molecule has 17 heavy (non-hydrogen) atoms. The lowest BCUT2D eigenvalue weighted by Gasteiger charge is -2.08. The zero-order chi connectivity index (χ0) is 12.3. The molecule has 0 heterocycles. The van der Waals surface area contributed by atoms with Gasteiger partial charge < -0.3 is 10.8 Å².